The van der Waals surface area contributed by atoms with Gasteiger partial charge in [0.25, 0.3) is 5.91 Å². The Morgan fingerprint density at radius 2 is 2.08 bits per heavy atom. The molecule has 1 amide bonds. The summed E-state index contributed by atoms with van der Waals surface area (Å²) in [5, 5.41) is 1.40. The van der Waals surface area contributed by atoms with Crippen molar-refractivity contribution in [2.45, 2.75) is 25.8 Å². The van der Waals surface area contributed by atoms with E-state index in [0.717, 1.165) is 34.2 Å². The molecule has 2 heterocycles. The third kappa shape index (κ3) is 2.41. The Kier molecular flexibility index (Phi) is 3.82. The standard InChI is InChI=1S/C19H15ClFNOS/c1-11-6-7-12-10-13(21)8-9-15(12)22(11)19(23)18-17(20)14-4-2-3-5-16(14)24-18/h2-5,8-11H,6-7H2,1H3. The maximum atomic E-state index is 13.5. The molecule has 1 unspecified atom stereocenters. The van der Waals surface area contributed by atoms with E-state index >= 15 is 0 Å². The summed E-state index contributed by atoms with van der Waals surface area (Å²) in [6.45, 7) is 2.02. The number of hydrogen-bond donors (Lipinski definition) is 0. The van der Waals surface area contributed by atoms with Crippen LogP contribution in [0, 0.1) is 5.82 Å². The Hall–Kier alpha value is -1.91. The van der Waals surface area contributed by atoms with E-state index in [4.69, 9.17) is 11.6 Å². The molecule has 0 radical (unpaired) electrons. The largest absolute Gasteiger partial charge is 0.305 e. The van der Waals surface area contributed by atoms with Gasteiger partial charge in [-0.05, 0) is 49.6 Å². The SMILES string of the molecule is CC1CCc2cc(F)ccc2N1C(=O)c1sc2ccccc2c1Cl. The van der Waals surface area contributed by atoms with E-state index in [1.807, 2.05) is 31.2 Å². The smallest absolute Gasteiger partial charge is 0.270 e. The van der Waals surface area contributed by atoms with E-state index in [9.17, 15) is 9.18 Å². The molecule has 3 aromatic rings. The third-order valence-electron chi connectivity index (χ3n) is 4.52. The summed E-state index contributed by atoms with van der Waals surface area (Å²) in [6.07, 6.45) is 1.59. The second-order valence-corrected chi connectivity index (χ2v) is 7.51. The fraction of sp³-hybridized carbons (Fsp3) is 0.211. The molecule has 122 valence electrons. The molecule has 0 fully saturated rings. The van der Waals surface area contributed by atoms with Crippen LogP contribution in [0.2, 0.25) is 5.02 Å². The van der Waals surface area contributed by atoms with E-state index in [-0.39, 0.29) is 17.8 Å². The number of amides is 1. The van der Waals surface area contributed by atoms with Crippen molar-refractivity contribution in [3.05, 3.63) is 63.7 Å². The van der Waals surface area contributed by atoms with E-state index < -0.39 is 0 Å². The van der Waals surface area contributed by atoms with Gasteiger partial charge in [0.15, 0.2) is 0 Å². The van der Waals surface area contributed by atoms with Crippen LogP contribution in [0.15, 0.2) is 42.5 Å². The van der Waals surface area contributed by atoms with E-state index in [1.54, 1.807) is 11.0 Å². The van der Waals surface area contributed by atoms with Crippen LogP contribution in [-0.4, -0.2) is 11.9 Å². The first-order chi connectivity index (χ1) is 11.6. The maximum absolute atomic E-state index is 13.5. The van der Waals surface area contributed by atoms with Gasteiger partial charge < -0.3 is 4.90 Å². The summed E-state index contributed by atoms with van der Waals surface area (Å²) in [5.41, 5.74) is 1.66. The molecule has 4 rings (SSSR count). The van der Waals surface area contributed by atoms with Crippen molar-refractivity contribution in [3.8, 4) is 0 Å². The van der Waals surface area contributed by atoms with Crippen molar-refractivity contribution in [2.75, 3.05) is 4.90 Å². The van der Waals surface area contributed by atoms with Crippen LogP contribution in [0.5, 0.6) is 0 Å². The number of anilines is 1. The maximum Gasteiger partial charge on any atom is 0.270 e. The van der Waals surface area contributed by atoms with Gasteiger partial charge in [-0.15, -0.1) is 11.3 Å². The fourth-order valence-corrected chi connectivity index (χ4v) is 4.74. The highest BCUT2D eigenvalue weighted by molar-refractivity contribution is 7.21. The van der Waals surface area contributed by atoms with Gasteiger partial charge in [0.05, 0.1) is 5.02 Å². The monoisotopic (exact) mass is 359 g/mol. The lowest BCUT2D eigenvalue weighted by Crippen LogP contribution is -2.42. The molecule has 0 N–H and O–H groups in total. The number of fused-ring (bicyclic) bond motifs is 2. The van der Waals surface area contributed by atoms with Crippen LogP contribution in [0.3, 0.4) is 0 Å². The average molecular weight is 360 g/mol. The molecule has 2 nitrogen and oxygen atoms in total. The topological polar surface area (TPSA) is 20.3 Å². The summed E-state index contributed by atoms with van der Waals surface area (Å²) in [7, 11) is 0. The number of carbonyl (C=O) groups excluding carboxylic acids is 1. The van der Waals surface area contributed by atoms with Crippen molar-refractivity contribution >= 4 is 44.6 Å². The van der Waals surface area contributed by atoms with E-state index in [1.165, 1.54) is 23.5 Å². The lowest BCUT2D eigenvalue weighted by Gasteiger charge is -2.35. The van der Waals surface area contributed by atoms with Gasteiger partial charge in [0, 0.05) is 21.8 Å². The molecule has 2 aromatic carbocycles. The van der Waals surface area contributed by atoms with Crippen LogP contribution in [0.25, 0.3) is 10.1 Å². The van der Waals surface area contributed by atoms with E-state index in [2.05, 4.69) is 0 Å². The minimum atomic E-state index is -0.268. The Balaban J connectivity index is 1.83. The van der Waals surface area contributed by atoms with Crippen molar-refractivity contribution < 1.29 is 9.18 Å². The molecule has 24 heavy (non-hydrogen) atoms. The second kappa shape index (κ2) is 5.87. The van der Waals surface area contributed by atoms with Gasteiger partial charge in [-0.1, -0.05) is 29.8 Å². The predicted molar refractivity (Wildman–Crippen MR) is 97.8 cm³/mol. The quantitative estimate of drug-likeness (QED) is 0.547. The Labute approximate surface area is 148 Å². The molecular weight excluding hydrogens is 345 g/mol. The van der Waals surface area contributed by atoms with Crippen molar-refractivity contribution in [2.24, 2.45) is 0 Å². The van der Waals surface area contributed by atoms with Crippen LogP contribution >= 0.6 is 22.9 Å². The molecule has 1 aliphatic rings. The van der Waals surface area contributed by atoms with Crippen molar-refractivity contribution in [3.63, 3.8) is 0 Å². The highest BCUT2D eigenvalue weighted by atomic mass is 35.5. The summed E-state index contributed by atoms with van der Waals surface area (Å²) < 4.78 is 14.5. The van der Waals surface area contributed by atoms with Crippen LogP contribution in [0.4, 0.5) is 10.1 Å². The summed E-state index contributed by atoms with van der Waals surface area (Å²) in [5.74, 6) is -0.378. The minimum absolute atomic E-state index is 0.0525. The Morgan fingerprint density at radius 1 is 1.29 bits per heavy atom. The van der Waals surface area contributed by atoms with E-state index in [0.29, 0.717) is 9.90 Å². The highest BCUT2D eigenvalue weighted by Crippen LogP contribution is 2.39. The molecule has 5 heteroatoms. The van der Waals surface area contributed by atoms with Gasteiger partial charge in [-0.3, -0.25) is 4.79 Å². The highest BCUT2D eigenvalue weighted by Gasteiger charge is 2.31. The van der Waals surface area contributed by atoms with Gasteiger partial charge in [0.1, 0.15) is 10.7 Å². The van der Waals surface area contributed by atoms with Crippen LogP contribution in [0.1, 0.15) is 28.6 Å². The zero-order valence-corrected chi connectivity index (χ0v) is 14.6. The van der Waals surface area contributed by atoms with Crippen LogP contribution in [-0.2, 0) is 6.42 Å². The fourth-order valence-electron chi connectivity index (χ4n) is 3.29. The Bertz CT molecular complexity index is 952. The number of benzene rings is 2. The molecule has 0 saturated heterocycles. The first-order valence-corrected chi connectivity index (χ1v) is 9.04. The van der Waals surface area contributed by atoms with Gasteiger partial charge >= 0.3 is 0 Å². The number of aryl methyl sites for hydroxylation is 1. The second-order valence-electron chi connectivity index (χ2n) is 6.08. The number of hydrogen-bond acceptors (Lipinski definition) is 2. The molecular formula is C19H15ClFNOS. The first kappa shape index (κ1) is 15.6. The summed E-state index contributed by atoms with van der Waals surface area (Å²) in [4.78, 5) is 15.5. The van der Waals surface area contributed by atoms with Crippen molar-refractivity contribution in [1.82, 2.24) is 0 Å². The van der Waals surface area contributed by atoms with Gasteiger partial charge in [-0.2, -0.15) is 0 Å². The number of nitrogens with zero attached hydrogens (tertiary/aromatic N) is 1. The molecule has 1 aromatic heterocycles. The van der Waals surface area contributed by atoms with Crippen LogP contribution < -0.4 is 4.90 Å². The number of halogens is 2. The molecule has 0 bridgehead atoms. The molecule has 0 aliphatic carbocycles. The van der Waals surface area contributed by atoms with Gasteiger partial charge in [0.2, 0.25) is 0 Å². The zero-order valence-electron chi connectivity index (χ0n) is 13.1. The normalized spacial score (nSPS) is 17.1. The zero-order chi connectivity index (χ0) is 16.8. The Morgan fingerprint density at radius 3 is 2.88 bits per heavy atom. The lowest BCUT2D eigenvalue weighted by atomic mass is 9.96. The van der Waals surface area contributed by atoms with Crippen molar-refractivity contribution in [1.29, 1.82) is 0 Å². The average Bonchev–Trinajstić information content (AvgIpc) is 2.92. The molecule has 1 atom stereocenters. The molecule has 1 aliphatic heterocycles. The number of rotatable bonds is 1. The predicted octanol–water partition coefficient (Wildman–Crippen LogP) is 5.68. The summed E-state index contributed by atoms with van der Waals surface area (Å²) >= 11 is 7.88. The number of thiophene rings is 1. The molecule has 0 saturated carbocycles. The lowest BCUT2D eigenvalue weighted by molar-refractivity contribution is 0.0979. The molecule has 0 spiro atoms. The first-order valence-electron chi connectivity index (χ1n) is 7.85. The summed E-state index contributed by atoms with van der Waals surface area (Å²) in [6, 6.07) is 12.4. The third-order valence-corrected chi connectivity index (χ3v) is 6.18. The number of carbonyl (C=O) groups is 1. The minimum Gasteiger partial charge on any atom is -0.305 e. The van der Waals surface area contributed by atoms with Gasteiger partial charge in [-0.25, -0.2) is 4.39 Å².